The van der Waals surface area contributed by atoms with E-state index in [1.165, 1.54) is 0 Å². The summed E-state index contributed by atoms with van der Waals surface area (Å²) in [5.41, 5.74) is 3.09. The smallest absolute Gasteiger partial charge is 0.128 e. The predicted molar refractivity (Wildman–Crippen MR) is 86.0 cm³/mol. The van der Waals surface area contributed by atoms with E-state index in [-0.39, 0.29) is 6.61 Å². The Morgan fingerprint density at radius 2 is 2.00 bits per heavy atom. The van der Waals surface area contributed by atoms with Crippen LogP contribution in [0.2, 0.25) is 10.0 Å². The quantitative estimate of drug-likeness (QED) is 0.484. The van der Waals surface area contributed by atoms with Crippen molar-refractivity contribution in [2.45, 2.75) is 20.5 Å². The van der Waals surface area contributed by atoms with E-state index in [4.69, 9.17) is 33.1 Å². The van der Waals surface area contributed by atoms with Gasteiger partial charge in [0.25, 0.3) is 0 Å². The predicted octanol–water partition coefficient (Wildman–Crippen LogP) is 5.08. The van der Waals surface area contributed by atoms with Crippen LogP contribution in [0.25, 0.3) is 0 Å². The molecule has 0 aliphatic heterocycles. The maximum atomic E-state index is 8.96. The number of aryl methyl sites for hydroxylation is 1. The molecule has 2 aromatic carbocycles. The van der Waals surface area contributed by atoms with Crippen LogP contribution >= 0.6 is 23.2 Å². The van der Waals surface area contributed by atoms with Crippen molar-refractivity contribution in [3.8, 4) is 5.75 Å². The molecule has 2 aromatic rings. The normalized spacial score (nSPS) is 11.5. The molecule has 0 spiro atoms. The van der Waals surface area contributed by atoms with E-state index in [0.29, 0.717) is 21.5 Å². The molecule has 1 N–H and O–H groups in total. The standard InChI is InChI=1S/C16H15Cl2NO2/c1-10-6-7-15(13(8-10)11(2)19-20)21-9-12-4-3-5-14(17)16(12)18/h3-8,20H,9H2,1-2H3/b19-11-. The first-order valence-electron chi connectivity index (χ1n) is 6.38. The van der Waals surface area contributed by atoms with Gasteiger partial charge in [0, 0.05) is 11.1 Å². The van der Waals surface area contributed by atoms with Crippen LogP contribution in [-0.4, -0.2) is 10.9 Å². The Hall–Kier alpha value is -1.71. The lowest BCUT2D eigenvalue weighted by atomic mass is 10.1. The molecule has 3 nitrogen and oxygen atoms in total. The van der Waals surface area contributed by atoms with Gasteiger partial charge in [-0.15, -0.1) is 0 Å². The van der Waals surface area contributed by atoms with Crippen molar-refractivity contribution in [2.24, 2.45) is 5.16 Å². The molecule has 2 rings (SSSR count). The van der Waals surface area contributed by atoms with Gasteiger partial charge in [-0.2, -0.15) is 0 Å². The lowest BCUT2D eigenvalue weighted by Crippen LogP contribution is -2.03. The molecule has 0 saturated heterocycles. The second-order valence-corrected chi connectivity index (χ2v) is 5.47. The SMILES string of the molecule is C/C(=N/O)c1cc(C)ccc1OCc1cccc(Cl)c1Cl. The van der Waals surface area contributed by atoms with Gasteiger partial charge in [-0.05, 0) is 32.0 Å². The Morgan fingerprint density at radius 1 is 1.24 bits per heavy atom. The van der Waals surface area contributed by atoms with Crippen molar-refractivity contribution in [2.75, 3.05) is 0 Å². The molecule has 0 fully saturated rings. The highest BCUT2D eigenvalue weighted by molar-refractivity contribution is 6.42. The first-order valence-corrected chi connectivity index (χ1v) is 7.14. The Morgan fingerprint density at radius 3 is 2.71 bits per heavy atom. The summed E-state index contributed by atoms with van der Waals surface area (Å²) in [5.74, 6) is 0.631. The van der Waals surface area contributed by atoms with Gasteiger partial charge < -0.3 is 9.94 Å². The molecule has 0 aromatic heterocycles. The van der Waals surface area contributed by atoms with Crippen LogP contribution in [0, 0.1) is 6.92 Å². The summed E-state index contributed by atoms with van der Waals surface area (Å²) >= 11 is 12.1. The van der Waals surface area contributed by atoms with Crippen molar-refractivity contribution in [3.05, 3.63) is 63.1 Å². The van der Waals surface area contributed by atoms with Crippen LogP contribution in [0.3, 0.4) is 0 Å². The van der Waals surface area contributed by atoms with E-state index < -0.39 is 0 Å². The second kappa shape index (κ2) is 6.83. The summed E-state index contributed by atoms with van der Waals surface area (Å²) in [5, 5.41) is 13.2. The van der Waals surface area contributed by atoms with E-state index >= 15 is 0 Å². The van der Waals surface area contributed by atoms with E-state index in [2.05, 4.69) is 5.16 Å². The first kappa shape index (κ1) is 15.7. The molecule has 5 heteroatoms. The van der Waals surface area contributed by atoms with Gasteiger partial charge >= 0.3 is 0 Å². The van der Waals surface area contributed by atoms with Crippen molar-refractivity contribution in [3.63, 3.8) is 0 Å². The average Bonchev–Trinajstić information content (AvgIpc) is 2.49. The summed E-state index contributed by atoms with van der Waals surface area (Å²) in [4.78, 5) is 0. The Bertz CT molecular complexity index is 684. The molecule has 0 amide bonds. The minimum atomic E-state index is 0.286. The third kappa shape index (κ3) is 3.69. The molecule has 0 heterocycles. The van der Waals surface area contributed by atoms with E-state index in [9.17, 15) is 0 Å². The van der Waals surface area contributed by atoms with Gasteiger partial charge in [-0.1, -0.05) is 52.1 Å². The molecular formula is C16H15Cl2NO2. The third-order valence-electron chi connectivity index (χ3n) is 3.09. The fraction of sp³-hybridized carbons (Fsp3) is 0.188. The van der Waals surface area contributed by atoms with Crippen molar-refractivity contribution in [1.82, 2.24) is 0 Å². The van der Waals surface area contributed by atoms with E-state index in [1.807, 2.05) is 37.3 Å². The largest absolute Gasteiger partial charge is 0.488 e. The fourth-order valence-electron chi connectivity index (χ4n) is 1.92. The topological polar surface area (TPSA) is 41.8 Å². The molecule has 0 aliphatic carbocycles. The number of oxime groups is 1. The number of rotatable bonds is 4. The van der Waals surface area contributed by atoms with Crippen LogP contribution in [0.4, 0.5) is 0 Å². The molecule has 110 valence electrons. The van der Waals surface area contributed by atoms with Gasteiger partial charge in [0.2, 0.25) is 0 Å². The number of halogens is 2. The molecule has 0 radical (unpaired) electrons. The Labute approximate surface area is 133 Å². The maximum absolute atomic E-state index is 8.96. The van der Waals surface area contributed by atoms with E-state index in [1.54, 1.807) is 13.0 Å². The van der Waals surface area contributed by atoms with Crippen molar-refractivity contribution >= 4 is 28.9 Å². The van der Waals surface area contributed by atoms with Crippen LogP contribution in [0.1, 0.15) is 23.6 Å². The van der Waals surface area contributed by atoms with Gasteiger partial charge in [0.15, 0.2) is 0 Å². The minimum absolute atomic E-state index is 0.286. The zero-order chi connectivity index (χ0) is 15.4. The molecule has 0 atom stereocenters. The van der Waals surface area contributed by atoms with Crippen molar-refractivity contribution < 1.29 is 9.94 Å². The summed E-state index contributed by atoms with van der Waals surface area (Å²) < 4.78 is 5.80. The van der Waals surface area contributed by atoms with Gasteiger partial charge in [0.05, 0.1) is 15.8 Å². The number of hydrogen-bond acceptors (Lipinski definition) is 3. The molecule has 0 unspecified atom stereocenters. The minimum Gasteiger partial charge on any atom is -0.488 e. The molecular weight excluding hydrogens is 309 g/mol. The maximum Gasteiger partial charge on any atom is 0.128 e. The van der Waals surface area contributed by atoms with Crippen LogP contribution in [0.5, 0.6) is 5.75 Å². The lowest BCUT2D eigenvalue weighted by Gasteiger charge is -2.13. The first-order chi connectivity index (χ1) is 10.0. The summed E-state index contributed by atoms with van der Waals surface area (Å²) in [6, 6.07) is 11.1. The second-order valence-electron chi connectivity index (χ2n) is 4.69. The highest BCUT2D eigenvalue weighted by Gasteiger charge is 2.10. The van der Waals surface area contributed by atoms with Gasteiger partial charge in [0.1, 0.15) is 12.4 Å². The Kier molecular flexibility index (Phi) is 5.10. The third-order valence-corrected chi connectivity index (χ3v) is 3.95. The monoisotopic (exact) mass is 323 g/mol. The lowest BCUT2D eigenvalue weighted by molar-refractivity contribution is 0.303. The fourth-order valence-corrected chi connectivity index (χ4v) is 2.30. The van der Waals surface area contributed by atoms with Gasteiger partial charge in [-0.25, -0.2) is 0 Å². The highest BCUT2D eigenvalue weighted by atomic mass is 35.5. The van der Waals surface area contributed by atoms with Crippen LogP contribution < -0.4 is 4.74 Å². The van der Waals surface area contributed by atoms with Crippen LogP contribution in [-0.2, 0) is 6.61 Å². The molecule has 0 aliphatic rings. The number of hydrogen-bond donors (Lipinski definition) is 1. The number of ether oxygens (including phenoxy) is 1. The molecule has 0 saturated carbocycles. The molecule has 21 heavy (non-hydrogen) atoms. The zero-order valence-corrected chi connectivity index (χ0v) is 13.2. The van der Waals surface area contributed by atoms with Gasteiger partial charge in [-0.3, -0.25) is 0 Å². The Balaban J connectivity index is 2.26. The van der Waals surface area contributed by atoms with Crippen molar-refractivity contribution in [1.29, 1.82) is 0 Å². The summed E-state index contributed by atoms with van der Waals surface area (Å²) in [7, 11) is 0. The highest BCUT2D eigenvalue weighted by Crippen LogP contribution is 2.28. The van der Waals surface area contributed by atoms with E-state index in [0.717, 1.165) is 16.7 Å². The number of nitrogens with zero attached hydrogens (tertiary/aromatic N) is 1. The average molecular weight is 324 g/mol. The van der Waals surface area contributed by atoms with Crippen LogP contribution in [0.15, 0.2) is 41.6 Å². The summed E-state index contributed by atoms with van der Waals surface area (Å²) in [6.07, 6.45) is 0. The summed E-state index contributed by atoms with van der Waals surface area (Å²) in [6.45, 7) is 3.97. The zero-order valence-electron chi connectivity index (χ0n) is 11.7. The molecule has 0 bridgehead atoms. The number of benzene rings is 2.